The van der Waals surface area contributed by atoms with E-state index in [4.69, 9.17) is 4.74 Å². The molecule has 0 aliphatic carbocycles. The molecule has 1 aromatic heterocycles. The number of hydrogen-bond acceptors (Lipinski definition) is 4. The second kappa shape index (κ2) is 7.46. The molecule has 1 saturated heterocycles. The lowest BCUT2D eigenvalue weighted by Gasteiger charge is -2.37. The summed E-state index contributed by atoms with van der Waals surface area (Å²) in [5.41, 5.74) is 1.09. The molecule has 0 aromatic carbocycles. The Morgan fingerprint density at radius 1 is 1.42 bits per heavy atom. The van der Waals surface area contributed by atoms with Gasteiger partial charge in [-0.2, -0.15) is 0 Å². The van der Waals surface area contributed by atoms with E-state index in [1.54, 1.807) is 7.11 Å². The molecule has 0 radical (unpaired) electrons. The molecule has 4 nitrogen and oxygen atoms in total. The molecule has 2 heterocycles. The standard InChI is InChI=1S/C15H25N3O/c1-13-6-5-8-15(17-13)18-10-4-3-7-14(18)12-16-9-11-19-2/h5-6,8,14,16H,3-4,7,9-12H2,1-2H3. The first kappa shape index (κ1) is 14.3. The van der Waals surface area contributed by atoms with Crippen LogP contribution in [0.5, 0.6) is 0 Å². The number of ether oxygens (including phenoxy) is 1. The van der Waals surface area contributed by atoms with Crippen molar-refractivity contribution in [3.05, 3.63) is 23.9 Å². The number of nitrogens with one attached hydrogen (secondary N) is 1. The Hall–Kier alpha value is -1.13. The number of anilines is 1. The Morgan fingerprint density at radius 2 is 2.32 bits per heavy atom. The molecule has 1 aliphatic heterocycles. The van der Waals surface area contributed by atoms with Crippen molar-refractivity contribution < 1.29 is 4.74 Å². The van der Waals surface area contributed by atoms with Crippen LogP contribution in [0.15, 0.2) is 18.2 Å². The lowest BCUT2D eigenvalue weighted by molar-refractivity contribution is 0.198. The van der Waals surface area contributed by atoms with Gasteiger partial charge in [0.2, 0.25) is 0 Å². The van der Waals surface area contributed by atoms with Crippen molar-refractivity contribution in [1.29, 1.82) is 0 Å². The molecule has 1 aromatic rings. The number of nitrogens with zero attached hydrogens (tertiary/aromatic N) is 2. The van der Waals surface area contributed by atoms with Gasteiger partial charge in [0.25, 0.3) is 0 Å². The van der Waals surface area contributed by atoms with Crippen LogP contribution in [0.25, 0.3) is 0 Å². The van der Waals surface area contributed by atoms with Crippen molar-refractivity contribution in [2.75, 3.05) is 38.3 Å². The summed E-state index contributed by atoms with van der Waals surface area (Å²) < 4.78 is 5.07. The summed E-state index contributed by atoms with van der Waals surface area (Å²) in [6, 6.07) is 6.83. The molecule has 0 amide bonds. The highest BCUT2D eigenvalue weighted by Crippen LogP contribution is 2.22. The van der Waals surface area contributed by atoms with Gasteiger partial charge in [-0.1, -0.05) is 6.07 Å². The van der Waals surface area contributed by atoms with Crippen LogP contribution < -0.4 is 10.2 Å². The molecule has 106 valence electrons. The second-order valence-corrected chi connectivity index (χ2v) is 5.18. The van der Waals surface area contributed by atoms with Gasteiger partial charge in [0.1, 0.15) is 5.82 Å². The highest BCUT2D eigenvalue weighted by molar-refractivity contribution is 5.41. The summed E-state index contributed by atoms with van der Waals surface area (Å²) in [4.78, 5) is 7.12. The van der Waals surface area contributed by atoms with Crippen LogP contribution in [0.3, 0.4) is 0 Å². The number of rotatable bonds is 6. The first-order valence-corrected chi connectivity index (χ1v) is 7.21. The average molecular weight is 263 g/mol. The van der Waals surface area contributed by atoms with Gasteiger partial charge in [-0.25, -0.2) is 4.98 Å². The van der Waals surface area contributed by atoms with E-state index in [1.165, 1.54) is 19.3 Å². The Bertz CT molecular complexity index is 383. The summed E-state index contributed by atoms with van der Waals surface area (Å²) in [5.74, 6) is 1.12. The monoisotopic (exact) mass is 263 g/mol. The second-order valence-electron chi connectivity index (χ2n) is 5.18. The fraction of sp³-hybridized carbons (Fsp3) is 0.667. The zero-order valence-electron chi connectivity index (χ0n) is 12.1. The van der Waals surface area contributed by atoms with Crippen LogP contribution in [0.4, 0.5) is 5.82 Å². The number of pyridine rings is 1. The summed E-state index contributed by atoms with van der Waals surface area (Å²) in [6.45, 7) is 5.88. The molecule has 1 fully saturated rings. The largest absolute Gasteiger partial charge is 0.383 e. The normalized spacial score (nSPS) is 19.7. The Labute approximate surface area is 116 Å². The van der Waals surface area contributed by atoms with Gasteiger partial charge in [-0.05, 0) is 38.3 Å². The predicted molar refractivity (Wildman–Crippen MR) is 78.7 cm³/mol. The third-order valence-corrected chi connectivity index (χ3v) is 3.66. The van der Waals surface area contributed by atoms with E-state index < -0.39 is 0 Å². The van der Waals surface area contributed by atoms with Crippen molar-refractivity contribution >= 4 is 5.82 Å². The predicted octanol–water partition coefficient (Wildman–Crippen LogP) is 1.98. The van der Waals surface area contributed by atoms with Crippen molar-refractivity contribution in [3.8, 4) is 0 Å². The van der Waals surface area contributed by atoms with Crippen LogP contribution in [0, 0.1) is 6.92 Å². The molecule has 4 heteroatoms. The number of methoxy groups -OCH3 is 1. The summed E-state index contributed by atoms with van der Waals surface area (Å²) in [5, 5.41) is 3.48. The van der Waals surface area contributed by atoms with Gasteiger partial charge in [0.05, 0.1) is 6.61 Å². The van der Waals surface area contributed by atoms with Crippen LogP contribution in [0.1, 0.15) is 25.0 Å². The minimum atomic E-state index is 0.555. The molecular formula is C15H25N3O. The number of aromatic nitrogens is 1. The van der Waals surface area contributed by atoms with Crippen LogP contribution in [-0.4, -0.2) is 44.4 Å². The zero-order valence-corrected chi connectivity index (χ0v) is 12.1. The molecule has 0 saturated carbocycles. The van der Waals surface area contributed by atoms with E-state index in [1.807, 2.05) is 0 Å². The summed E-state index contributed by atoms with van der Waals surface area (Å²) in [6.07, 6.45) is 3.83. The molecule has 2 rings (SSSR count). The molecule has 0 bridgehead atoms. The van der Waals surface area contributed by atoms with Gasteiger partial charge in [-0.15, -0.1) is 0 Å². The molecule has 1 aliphatic rings. The highest BCUT2D eigenvalue weighted by atomic mass is 16.5. The van der Waals surface area contributed by atoms with Gasteiger partial charge < -0.3 is 15.0 Å². The lowest BCUT2D eigenvalue weighted by Crippen LogP contribution is -2.46. The van der Waals surface area contributed by atoms with Crippen LogP contribution in [0.2, 0.25) is 0 Å². The molecule has 19 heavy (non-hydrogen) atoms. The van der Waals surface area contributed by atoms with Crippen LogP contribution in [-0.2, 0) is 4.74 Å². The van der Waals surface area contributed by atoms with Crippen molar-refractivity contribution in [1.82, 2.24) is 10.3 Å². The van der Waals surface area contributed by atoms with Crippen molar-refractivity contribution in [2.45, 2.75) is 32.2 Å². The maximum atomic E-state index is 5.07. The smallest absolute Gasteiger partial charge is 0.129 e. The van der Waals surface area contributed by atoms with Gasteiger partial charge in [-0.3, -0.25) is 0 Å². The minimum Gasteiger partial charge on any atom is -0.383 e. The Morgan fingerprint density at radius 3 is 3.11 bits per heavy atom. The van der Waals surface area contributed by atoms with E-state index >= 15 is 0 Å². The number of piperidine rings is 1. The number of hydrogen-bond donors (Lipinski definition) is 1. The van der Waals surface area contributed by atoms with Crippen molar-refractivity contribution in [3.63, 3.8) is 0 Å². The van der Waals surface area contributed by atoms with E-state index in [0.29, 0.717) is 6.04 Å². The average Bonchev–Trinajstić information content (AvgIpc) is 2.44. The highest BCUT2D eigenvalue weighted by Gasteiger charge is 2.23. The molecule has 1 unspecified atom stereocenters. The molecular weight excluding hydrogens is 238 g/mol. The topological polar surface area (TPSA) is 37.4 Å². The first-order valence-electron chi connectivity index (χ1n) is 7.21. The van der Waals surface area contributed by atoms with Crippen molar-refractivity contribution in [2.24, 2.45) is 0 Å². The van der Waals surface area contributed by atoms with Gasteiger partial charge in [0, 0.05) is 38.5 Å². The molecule has 1 N–H and O–H groups in total. The van der Waals surface area contributed by atoms with Gasteiger partial charge >= 0.3 is 0 Å². The van der Waals surface area contributed by atoms with E-state index in [0.717, 1.165) is 37.8 Å². The van der Waals surface area contributed by atoms with E-state index in [2.05, 4.69) is 40.3 Å². The summed E-state index contributed by atoms with van der Waals surface area (Å²) in [7, 11) is 1.74. The maximum absolute atomic E-state index is 5.07. The zero-order chi connectivity index (χ0) is 13.5. The van der Waals surface area contributed by atoms with Gasteiger partial charge in [0.15, 0.2) is 0 Å². The lowest BCUT2D eigenvalue weighted by atomic mass is 10.0. The molecule has 0 spiro atoms. The minimum absolute atomic E-state index is 0.555. The first-order chi connectivity index (χ1) is 9.31. The van der Waals surface area contributed by atoms with E-state index in [-0.39, 0.29) is 0 Å². The van der Waals surface area contributed by atoms with Crippen LogP contribution >= 0.6 is 0 Å². The summed E-state index contributed by atoms with van der Waals surface area (Å²) >= 11 is 0. The fourth-order valence-corrected chi connectivity index (χ4v) is 2.65. The maximum Gasteiger partial charge on any atom is 0.129 e. The third-order valence-electron chi connectivity index (χ3n) is 3.66. The quantitative estimate of drug-likeness (QED) is 0.796. The SMILES string of the molecule is COCCNCC1CCCCN1c1cccc(C)n1. The van der Waals surface area contributed by atoms with E-state index in [9.17, 15) is 0 Å². The molecule has 1 atom stereocenters. The Balaban J connectivity index is 1.95. The Kier molecular flexibility index (Phi) is 5.61. The number of aryl methyl sites for hydroxylation is 1. The fourth-order valence-electron chi connectivity index (χ4n) is 2.65. The third kappa shape index (κ3) is 4.18.